The van der Waals surface area contributed by atoms with E-state index in [0.29, 0.717) is 17.0 Å². The predicted molar refractivity (Wildman–Crippen MR) is 124 cm³/mol. The first-order valence-electron chi connectivity index (χ1n) is 10.4. The number of amides is 1. The molecule has 0 aliphatic rings. The minimum atomic E-state index is -0.711. The molecular weight excluding hydrogens is 420 g/mol. The molecule has 7 heteroatoms. The molecule has 3 aromatic carbocycles. The minimum Gasteiger partial charge on any atom is -0.484 e. The second-order valence-corrected chi connectivity index (χ2v) is 7.25. The van der Waals surface area contributed by atoms with Gasteiger partial charge in [-0.3, -0.25) is 14.4 Å². The number of aromatic amines is 1. The van der Waals surface area contributed by atoms with E-state index in [2.05, 4.69) is 10.3 Å². The summed E-state index contributed by atoms with van der Waals surface area (Å²) in [5, 5.41) is 3.18. The van der Waals surface area contributed by atoms with Crippen LogP contribution in [-0.2, 0) is 14.3 Å². The summed E-state index contributed by atoms with van der Waals surface area (Å²) >= 11 is 0. The quantitative estimate of drug-likeness (QED) is 0.304. The zero-order chi connectivity index (χ0) is 23.0. The van der Waals surface area contributed by atoms with E-state index in [1.165, 1.54) is 0 Å². The van der Waals surface area contributed by atoms with Gasteiger partial charge in [0.15, 0.2) is 13.2 Å². The molecule has 1 amide bonds. The van der Waals surface area contributed by atoms with Crippen molar-refractivity contribution in [2.45, 2.75) is 0 Å². The zero-order valence-corrected chi connectivity index (χ0v) is 17.7. The summed E-state index contributed by atoms with van der Waals surface area (Å²) in [4.78, 5) is 40.3. The number of carbonyl (C=O) groups is 3. The van der Waals surface area contributed by atoms with Crippen molar-refractivity contribution in [3.63, 3.8) is 0 Å². The third kappa shape index (κ3) is 5.46. The lowest BCUT2D eigenvalue weighted by molar-refractivity contribution is -0.143. The van der Waals surface area contributed by atoms with Crippen LogP contribution in [0.3, 0.4) is 0 Å². The van der Waals surface area contributed by atoms with E-state index in [0.717, 1.165) is 16.5 Å². The Labute approximate surface area is 190 Å². The number of fused-ring (bicyclic) bond motifs is 1. The molecule has 0 bridgehead atoms. The van der Waals surface area contributed by atoms with Crippen LogP contribution in [0.5, 0.6) is 5.75 Å². The topological polar surface area (TPSA) is 97.5 Å². The Morgan fingerprint density at radius 2 is 1.45 bits per heavy atom. The molecule has 0 fully saturated rings. The van der Waals surface area contributed by atoms with Crippen LogP contribution in [0.1, 0.15) is 10.4 Å². The van der Waals surface area contributed by atoms with E-state index in [1.807, 2.05) is 60.7 Å². The van der Waals surface area contributed by atoms with Gasteiger partial charge in [0.1, 0.15) is 12.3 Å². The van der Waals surface area contributed by atoms with Gasteiger partial charge in [-0.25, -0.2) is 0 Å². The molecule has 2 N–H and O–H groups in total. The van der Waals surface area contributed by atoms with Gasteiger partial charge in [-0.1, -0.05) is 66.7 Å². The lowest BCUT2D eigenvalue weighted by Gasteiger charge is -2.08. The maximum absolute atomic E-state index is 13.0. The van der Waals surface area contributed by atoms with Crippen LogP contribution in [0.4, 0.5) is 0 Å². The number of esters is 1. The van der Waals surface area contributed by atoms with Crippen molar-refractivity contribution in [2.75, 3.05) is 19.8 Å². The second kappa shape index (κ2) is 10.3. The van der Waals surface area contributed by atoms with Crippen LogP contribution in [-0.4, -0.2) is 42.4 Å². The highest BCUT2D eigenvalue weighted by Gasteiger charge is 2.21. The van der Waals surface area contributed by atoms with E-state index >= 15 is 0 Å². The summed E-state index contributed by atoms with van der Waals surface area (Å²) in [6, 6.07) is 25.8. The molecule has 0 spiro atoms. The van der Waals surface area contributed by atoms with Crippen LogP contribution in [0.25, 0.3) is 22.2 Å². The summed E-state index contributed by atoms with van der Waals surface area (Å²) in [7, 11) is 0. The van der Waals surface area contributed by atoms with Gasteiger partial charge in [0, 0.05) is 10.9 Å². The molecule has 166 valence electrons. The Bertz CT molecular complexity index is 1270. The number of H-pyrrole nitrogens is 1. The molecule has 0 aliphatic carbocycles. The fourth-order valence-corrected chi connectivity index (χ4v) is 3.41. The van der Waals surface area contributed by atoms with E-state index in [9.17, 15) is 14.4 Å². The maximum atomic E-state index is 13.0. The molecule has 33 heavy (non-hydrogen) atoms. The van der Waals surface area contributed by atoms with Gasteiger partial charge in [-0.2, -0.15) is 0 Å². The van der Waals surface area contributed by atoms with Crippen molar-refractivity contribution < 1.29 is 23.9 Å². The van der Waals surface area contributed by atoms with Crippen LogP contribution in [0, 0.1) is 0 Å². The van der Waals surface area contributed by atoms with E-state index < -0.39 is 18.5 Å². The number of para-hydroxylation sites is 2. The van der Waals surface area contributed by atoms with Gasteiger partial charge < -0.3 is 19.8 Å². The number of rotatable bonds is 9. The largest absolute Gasteiger partial charge is 0.484 e. The number of ether oxygens (including phenoxy) is 2. The van der Waals surface area contributed by atoms with Crippen LogP contribution in [0.15, 0.2) is 84.9 Å². The number of nitrogens with one attached hydrogen (secondary N) is 2. The molecular formula is C26H22N2O5. The molecule has 4 rings (SSSR count). The average Bonchev–Trinajstić information content (AvgIpc) is 3.26. The molecule has 0 radical (unpaired) electrons. The molecule has 0 saturated heterocycles. The Kier molecular flexibility index (Phi) is 6.80. The molecule has 0 saturated carbocycles. The highest BCUT2D eigenvalue weighted by molar-refractivity contribution is 6.14. The number of benzene rings is 3. The van der Waals surface area contributed by atoms with Crippen molar-refractivity contribution in [1.29, 1.82) is 0 Å². The van der Waals surface area contributed by atoms with Gasteiger partial charge in [0.2, 0.25) is 5.78 Å². The molecule has 0 aliphatic heterocycles. The average molecular weight is 442 g/mol. The summed E-state index contributed by atoms with van der Waals surface area (Å²) in [5.74, 6) is -0.963. The minimum absolute atomic E-state index is 0.230. The number of ketones is 1. The molecule has 7 nitrogen and oxygen atoms in total. The number of hydrogen-bond acceptors (Lipinski definition) is 5. The molecule has 1 aromatic heterocycles. The van der Waals surface area contributed by atoms with E-state index in [4.69, 9.17) is 9.47 Å². The van der Waals surface area contributed by atoms with Gasteiger partial charge in [0.25, 0.3) is 5.91 Å². The van der Waals surface area contributed by atoms with Gasteiger partial charge in [-0.15, -0.1) is 0 Å². The van der Waals surface area contributed by atoms with Crippen LogP contribution in [0.2, 0.25) is 0 Å². The first-order chi connectivity index (χ1) is 16.1. The van der Waals surface area contributed by atoms with Crippen molar-refractivity contribution in [3.05, 3.63) is 90.5 Å². The fraction of sp³-hybridized carbons (Fsp3) is 0.115. The van der Waals surface area contributed by atoms with Crippen LogP contribution >= 0.6 is 0 Å². The maximum Gasteiger partial charge on any atom is 0.325 e. The highest BCUT2D eigenvalue weighted by atomic mass is 16.5. The van der Waals surface area contributed by atoms with Gasteiger partial charge in [-0.05, 0) is 23.8 Å². The third-order valence-corrected chi connectivity index (χ3v) is 4.95. The van der Waals surface area contributed by atoms with Crippen LogP contribution < -0.4 is 10.1 Å². The van der Waals surface area contributed by atoms with Gasteiger partial charge in [0.05, 0.1) is 11.3 Å². The van der Waals surface area contributed by atoms with Gasteiger partial charge >= 0.3 is 5.97 Å². The fourth-order valence-electron chi connectivity index (χ4n) is 3.41. The molecule has 0 unspecified atom stereocenters. The Morgan fingerprint density at radius 3 is 2.21 bits per heavy atom. The summed E-state index contributed by atoms with van der Waals surface area (Å²) in [6.45, 7) is -1.02. The Morgan fingerprint density at radius 1 is 0.788 bits per heavy atom. The summed E-state index contributed by atoms with van der Waals surface area (Å²) in [6.07, 6.45) is 0. The van der Waals surface area contributed by atoms with E-state index in [-0.39, 0.29) is 18.9 Å². The first kappa shape index (κ1) is 21.8. The predicted octanol–water partition coefficient (Wildman–Crippen LogP) is 3.76. The molecule has 1 heterocycles. The SMILES string of the molecule is O=C(COc1ccccc1)NCC(=O)OCC(=O)c1c(-c2ccccc2)[nH]c2ccccc12. The van der Waals surface area contributed by atoms with Crippen molar-refractivity contribution in [3.8, 4) is 17.0 Å². The Balaban J connectivity index is 1.35. The Hall–Kier alpha value is -4.39. The lowest BCUT2D eigenvalue weighted by Crippen LogP contribution is -2.34. The summed E-state index contributed by atoms with van der Waals surface area (Å²) in [5.41, 5.74) is 2.81. The van der Waals surface area contributed by atoms with Crippen molar-refractivity contribution >= 4 is 28.6 Å². The number of hydrogen-bond donors (Lipinski definition) is 2. The molecule has 0 atom stereocenters. The number of aromatic nitrogens is 1. The lowest BCUT2D eigenvalue weighted by atomic mass is 10.0. The smallest absolute Gasteiger partial charge is 0.325 e. The number of carbonyl (C=O) groups excluding carboxylic acids is 3. The third-order valence-electron chi connectivity index (χ3n) is 4.95. The first-order valence-corrected chi connectivity index (χ1v) is 10.4. The second-order valence-electron chi connectivity index (χ2n) is 7.25. The standard InChI is InChI=1S/C26H22N2O5/c29-22(16-33-24(31)15-27-23(30)17-32-19-11-5-2-6-12-19)25-20-13-7-8-14-21(20)28-26(25)18-9-3-1-4-10-18/h1-14,28H,15-17H2,(H,27,30). The van der Waals surface area contributed by atoms with Crippen molar-refractivity contribution in [2.24, 2.45) is 0 Å². The highest BCUT2D eigenvalue weighted by Crippen LogP contribution is 2.30. The normalized spacial score (nSPS) is 10.5. The zero-order valence-electron chi connectivity index (χ0n) is 17.7. The number of Topliss-reactive ketones (excluding diaryl/α,β-unsaturated/α-hetero) is 1. The van der Waals surface area contributed by atoms with E-state index in [1.54, 1.807) is 24.3 Å². The molecule has 4 aromatic rings. The monoisotopic (exact) mass is 442 g/mol. The van der Waals surface area contributed by atoms with Crippen molar-refractivity contribution in [1.82, 2.24) is 10.3 Å². The summed E-state index contributed by atoms with van der Waals surface area (Å²) < 4.78 is 10.4.